The quantitative estimate of drug-likeness (QED) is 0.897. The van der Waals surface area contributed by atoms with Crippen molar-refractivity contribution in [3.05, 3.63) is 53.1 Å². The highest BCUT2D eigenvalue weighted by Gasteiger charge is 2.44. The van der Waals surface area contributed by atoms with Crippen molar-refractivity contribution in [2.75, 3.05) is 19.5 Å². The smallest absolute Gasteiger partial charge is 0.228 e. The molecule has 0 saturated heterocycles. The van der Waals surface area contributed by atoms with E-state index in [1.807, 2.05) is 18.2 Å². The fourth-order valence-corrected chi connectivity index (χ4v) is 2.97. The summed E-state index contributed by atoms with van der Waals surface area (Å²) in [6, 6.07) is 13.4. The van der Waals surface area contributed by atoms with Gasteiger partial charge >= 0.3 is 0 Å². The van der Waals surface area contributed by atoms with Gasteiger partial charge in [-0.05, 0) is 17.9 Å². The maximum absolute atomic E-state index is 12.5. The molecule has 2 atom stereocenters. The van der Waals surface area contributed by atoms with Crippen molar-refractivity contribution in [1.29, 1.82) is 0 Å². The molecule has 0 heterocycles. The molecule has 2 aromatic carbocycles. The Morgan fingerprint density at radius 2 is 1.83 bits per heavy atom. The number of ether oxygens (including phenoxy) is 2. The van der Waals surface area contributed by atoms with E-state index in [1.54, 1.807) is 12.1 Å². The monoisotopic (exact) mass is 331 g/mol. The van der Waals surface area contributed by atoms with E-state index in [0.717, 1.165) is 6.42 Å². The molecule has 1 aliphatic rings. The highest BCUT2D eigenvalue weighted by Crippen LogP contribution is 2.48. The SMILES string of the molecule is COc1cc(NC(=O)[C@H]2C[C@@H]2c2ccccc2)c(OC)cc1Cl. The van der Waals surface area contributed by atoms with Crippen LogP contribution < -0.4 is 14.8 Å². The number of halogens is 1. The molecule has 1 fully saturated rings. The lowest BCUT2D eigenvalue weighted by Gasteiger charge is -2.13. The molecule has 0 bridgehead atoms. The summed E-state index contributed by atoms with van der Waals surface area (Å²) >= 11 is 6.08. The van der Waals surface area contributed by atoms with Crippen molar-refractivity contribution < 1.29 is 14.3 Å². The predicted molar refractivity (Wildman–Crippen MR) is 90.5 cm³/mol. The molecule has 1 N–H and O–H groups in total. The normalized spacial score (nSPS) is 19.1. The van der Waals surface area contributed by atoms with Crippen molar-refractivity contribution in [2.45, 2.75) is 12.3 Å². The second kappa shape index (κ2) is 6.50. The number of hydrogen-bond acceptors (Lipinski definition) is 3. The molecule has 1 aliphatic carbocycles. The Morgan fingerprint density at radius 3 is 2.48 bits per heavy atom. The summed E-state index contributed by atoms with van der Waals surface area (Å²) < 4.78 is 10.5. The summed E-state index contributed by atoms with van der Waals surface area (Å²) in [6.45, 7) is 0. The van der Waals surface area contributed by atoms with Gasteiger partial charge in [-0.1, -0.05) is 41.9 Å². The summed E-state index contributed by atoms with van der Waals surface area (Å²) in [6.07, 6.45) is 0.864. The Kier molecular flexibility index (Phi) is 4.44. The standard InChI is InChI=1S/C18H18ClNO3/c1-22-16-10-15(17(23-2)9-14(16)19)20-18(21)13-8-12(13)11-6-4-3-5-7-11/h3-7,9-10,12-13H,8H2,1-2H3,(H,20,21)/t12-,13+/m1/s1. The number of hydrogen-bond donors (Lipinski definition) is 1. The first-order valence-electron chi connectivity index (χ1n) is 7.41. The van der Waals surface area contributed by atoms with E-state index in [4.69, 9.17) is 21.1 Å². The molecule has 23 heavy (non-hydrogen) atoms. The fraction of sp³-hybridized carbons (Fsp3) is 0.278. The second-order valence-electron chi connectivity index (χ2n) is 5.54. The molecule has 3 rings (SSSR count). The number of amides is 1. The van der Waals surface area contributed by atoms with Crippen LogP contribution in [-0.2, 0) is 4.79 Å². The van der Waals surface area contributed by atoms with Crippen LogP contribution in [0.15, 0.2) is 42.5 Å². The topological polar surface area (TPSA) is 47.6 Å². The zero-order valence-electron chi connectivity index (χ0n) is 13.0. The Bertz CT molecular complexity index is 718. The molecule has 5 heteroatoms. The van der Waals surface area contributed by atoms with Crippen LogP contribution in [0.5, 0.6) is 11.5 Å². The third-order valence-electron chi connectivity index (χ3n) is 4.09. The number of carbonyl (C=O) groups is 1. The van der Waals surface area contributed by atoms with Gasteiger partial charge in [-0.3, -0.25) is 4.79 Å². The summed E-state index contributed by atoms with van der Waals surface area (Å²) in [5.41, 5.74) is 1.77. The Labute approximate surface area is 140 Å². The van der Waals surface area contributed by atoms with Gasteiger partial charge in [0.15, 0.2) is 0 Å². The van der Waals surface area contributed by atoms with Crippen molar-refractivity contribution >= 4 is 23.2 Å². The summed E-state index contributed by atoms with van der Waals surface area (Å²) in [5.74, 6) is 1.28. The molecule has 0 aliphatic heterocycles. The van der Waals surface area contributed by atoms with Crippen LogP contribution in [0.25, 0.3) is 0 Å². The lowest BCUT2D eigenvalue weighted by Crippen LogP contribution is -2.15. The van der Waals surface area contributed by atoms with Crippen molar-refractivity contribution in [3.8, 4) is 11.5 Å². The molecule has 4 nitrogen and oxygen atoms in total. The number of benzene rings is 2. The molecule has 1 saturated carbocycles. The van der Waals surface area contributed by atoms with Gasteiger partial charge in [0.2, 0.25) is 5.91 Å². The molecule has 2 aromatic rings. The van der Waals surface area contributed by atoms with Gasteiger partial charge in [0.05, 0.1) is 24.9 Å². The van der Waals surface area contributed by atoms with Crippen molar-refractivity contribution in [1.82, 2.24) is 0 Å². The first-order valence-corrected chi connectivity index (χ1v) is 7.79. The van der Waals surface area contributed by atoms with E-state index < -0.39 is 0 Å². The minimum atomic E-state index is -0.0125. The first-order chi connectivity index (χ1) is 11.1. The van der Waals surface area contributed by atoms with Gasteiger partial charge in [0.1, 0.15) is 11.5 Å². The van der Waals surface area contributed by atoms with Crippen LogP contribution in [0.4, 0.5) is 5.69 Å². The number of carbonyl (C=O) groups excluding carboxylic acids is 1. The average Bonchev–Trinajstić information content (AvgIpc) is 3.37. The van der Waals surface area contributed by atoms with Gasteiger partial charge < -0.3 is 14.8 Å². The maximum atomic E-state index is 12.5. The van der Waals surface area contributed by atoms with E-state index >= 15 is 0 Å². The van der Waals surface area contributed by atoms with Crippen LogP contribution in [0, 0.1) is 5.92 Å². The van der Waals surface area contributed by atoms with Crippen molar-refractivity contribution in [3.63, 3.8) is 0 Å². The largest absolute Gasteiger partial charge is 0.495 e. The molecule has 0 radical (unpaired) electrons. The highest BCUT2D eigenvalue weighted by molar-refractivity contribution is 6.32. The Balaban J connectivity index is 1.74. The minimum absolute atomic E-state index is 0.0104. The zero-order chi connectivity index (χ0) is 16.4. The summed E-state index contributed by atoms with van der Waals surface area (Å²) in [7, 11) is 3.07. The Hall–Kier alpha value is -2.20. The van der Waals surface area contributed by atoms with Crippen LogP contribution in [0.3, 0.4) is 0 Å². The van der Waals surface area contributed by atoms with Crippen LogP contribution in [0.2, 0.25) is 5.02 Å². The lowest BCUT2D eigenvalue weighted by atomic mass is 10.1. The van der Waals surface area contributed by atoms with E-state index in [9.17, 15) is 4.79 Å². The molecular weight excluding hydrogens is 314 g/mol. The summed E-state index contributed by atoms with van der Waals surface area (Å²) in [4.78, 5) is 12.5. The van der Waals surface area contributed by atoms with Crippen molar-refractivity contribution in [2.24, 2.45) is 5.92 Å². The third-order valence-corrected chi connectivity index (χ3v) is 4.38. The van der Waals surface area contributed by atoms with E-state index in [-0.39, 0.29) is 17.7 Å². The van der Waals surface area contributed by atoms with Crippen LogP contribution >= 0.6 is 11.6 Å². The molecule has 0 spiro atoms. The van der Waals surface area contributed by atoms with E-state index in [0.29, 0.717) is 22.2 Å². The van der Waals surface area contributed by atoms with E-state index in [2.05, 4.69) is 17.4 Å². The maximum Gasteiger partial charge on any atom is 0.228 e. The molecule has 0 unspecified atom stereocenters. The molecular formula is C18H18ClNO3. The molecule has 120 valence electrons. The van der Waals surface area contributed by atoms with E-state index in [1.165, 1.54) is 19.8 Å². The van der Waals surface area contributed by atoms with Gasteiger partial charge in [-0.25, -0.2) is 0 Å². The summed E-state index contributed by atoms with van der Waals surface area (Å²) in [5, 5.41) is 3.36. The number of rotatable bonds is 5. The second-order valence-corrected chi connectivity index (χ2v) is 5.94. The predicted octanol–water partition coefficient (Wildman–Crippen LogP) is 4.10. The molecule has 0 aromatic heterocycles. The zero-order valence-corrected chi connectivity index (χ0v) is 13.8. The highest BCUT2D eigenvalue weighted by atomic mass is 35.5. The minimum Gasteiger partial charge on any atom is -0.495 e. The fourth-order valence-electron chi connectivity index (χ4n) is 2.74. The first kappa shape index (κ1) is 15.7. The van der Waals surface area contributed by atoms with Gasteiger partial charge in [0.25, 0.3) is 0 Å². The number of anilines is 1. The van der Waals surface area contributed by atoms with Gasteiger partial charge in [0, 0.05) is 18.1 Å². The Morgan fingerprint density at radius 1 is 1.13 bits per heavy atom. The van der Waals surface area contributed by atoms with Gasteiger partial charge in [-0.15, -0.1) is 0 Å². The third kappa shape index (κ3) is 3.27. The lowest BCUT2D eigenvalue weighted by molar-refractivity contribution is -0.117. The van der Waals surface area contributed by atoms with Crippen LogP contribution in [0.1, 0.15) is 17.9 Å². The average molecular weight is 332 g/mol. The van der Waals surface area contributed by atoms with Crippen LogP contribution in [-0.4, -0.2) is 20.1 Å². The number of nitrogens with one attached hydrogen (secondary N) is 1. The molecule has 1 amide bonds. The number of methoxy groups -OCH3 is 2. The van der Waals surface area contributed by atoms with Gasteiger partial charge in [-0.2, -0.15) is 0 Å².